The van der Waals surface area contributed by atoms with Crippen molar-refractivity contribution >= 4 is 17.5 Å². The molecule has 0 saturated carbocycles. The molecule has 19 heavy (non-hydrogen) atoms. The van der Waals surface area contributed by atoms with Crippen LogP contribution in [0.4, 0.5) is 0 Å². The second-order valence-electron chi connectivity index (χ2n) is 4.28. The zero-order valence-electron chi connectivity index (χ0n) is 11.2. The van der Waals surface area contributed by atoms with E-state index in [4.69, 9.17) is 9.47 Å². The van der Waals surface area contributed by atoms with Gasteiger partial charge in [-0.25, -0.2) is 4.79 Å². The number of hydrogen-bond donors (Lipinski definition) is 0. The lowest BCUT2D eigenvalue weighted by molar-refractivity contribution is -0.144. The summed E-state index contributed by atoms with van der Waals surface area (Å²) in [6.45, 7) is 1.95. The standard InChI is InChI=1S/C15H16O4/c1-4-9-10-7-5-6-8-11(10)13(15(17)19-3)12(9)14(16)18-2/h5-8,13H,4H2,1-3H3. The van der Waals surface area contributed by atoms with E-state index in [9.17, 15) is 9.59 Å². The summed E-state index contributed by atoms with van der Waals surface area (Å²) in [5, 5.41) is 0. The van der Waals surface area contributed by atoms with E-state index in [1.54, 1.807) is 0 Å². The van der Waals surface area contributed by atoms with E-state index in [1.807, 2.05) is 31.2 Å². The highest BCUT2D eigenvalue weighted by Crippen LogP contribution is 2.44. The maximum atomic E-state index is 12.0. The highest BCUT2D eigenvalue weighted by molar-refractivity contribution is 6.09. The Morgan fingerprint density at radius 2 is 1.84 bits per heavy atom. The molecule has 1 aromatic rings. The van der Waals surface area contributed by atoms with Gasteiger partial charge in [-0.1, -0.05) is 31.2 Å². The maximum Gasteiger partial charge on any atom is 0.335 e. The van der Waals surface area contributed by atoms with Gasteiger partial charge in [-0.3, -0.25) is 4.79 Å². The lowest BCUT2D eigenvalue weighted by Gasteiger charge is -2.12. The van der Waals surface area contributed by atoms with Crippen LogP contribution in [0.5, 0.6) is 0 Å². The molecule has 2 rings (SSSR count). The Morgan fingerprint density at radius 1 is 1.16 bits per heavy atom. The van der Waals surface area contributed by atoms with Gasteiger partial charge in [-0.05, 0) is 23.1 Å². The molecule has 1 aliphatic carbocycles. The average molecular weight is 260 g/mol. The highest BCUT2D eigenvalue weighted by Gasteiger charge is 2.40. The van der Waals surface area contributed by atoms with Crippen molar-refractivity contribution in [3.8, 4) is 0 Å². The molecule has 0 bridgehead atoms. The van der Waals surface area contributed by atoms with E-state index in [0.29, 0.717) is 12.0 Å². The first kappa shape index (κ1) is 13.3. The predicted molar refractivity (Wildman–Crippen MR) is 70.4 cm³/mol. The minimum Gasteiger partial charge on any atom is -0.468 e. The molecule has 0 saturated heterocycles. The van der Waals surface area contributed by atoms with Crippen LogP contribution in [0.2, 0.25) is 0 Å². The Balaban J connectivity index is 2.65. The van der Waals surface area contributed by atoms with Gasteiger partial charge in [0.1, 0.15) is 5.92 Å². The van der Waals surface area contributed by atoms with Crippen molar-refractivity contribution in [2.75, 3.05) is 14.2 Å². The fourth-order valence-corrected chi connectivity index (χ4v) is 2.59. The molecular weight excluding hydrogens is 244 g/mol. The predicted octanol–water partition coefficient (Wildman–Crippen LogP) is 2.29. The van der Waals surface area contributed by atoms with Crippen LogP contribution in [0.3, 0.4) is 0 Å². The van der Waals surface area contributed by atoms with E-state index < -0.39 is 17.9 Å². The van der Waals surface area contributed by atoms with Gasteiger partial charge in [0.15, 0.2) is 0 Å². The van der Waals surface area contributed by atoms with Crippen molar-refractivity contribution < 1.29 is 19.1 Å². The first-order valence-electron chi connectivity index (χ1n) is 6.14. The second-order valence-corrected chi connectivity index (χ2v) is 4.28. The molecule has 1 aromatic carbocycles. The van der Waals surface area contributed by atoms with Gasteiger partial charge >= 0.3 is 11.9 Å². The van der Waals surface area contributed by atoms with Gasteiger partial charge in [0.05, 0.1) is 19.8 Å². The van der Waals surface area contributed by atoms with Gasteiger partial charge in [0.25, 0.3) is 0 Å². The molecule has 0 N–H and O–H groups in total. The van der Waals surface area contributed by atoms with E-state index in [0.717, 1.165) is 16.7 Å². The Kier molecular flexibility index (Phi) is 3.69. The summed E-state index contributed by atoms with van der Waals surface area (Å²) in [6, 6.07) is 7.51. The second kappa shape index (κ2) is 5.26. The Labute approximate surface area is 112 Å². The summed E-state index contributed by atoms with van der Waals surface area (Å²) >= 11 is 0. The number of carbonyl (C=O) groups excluding carboxylic acids is 2. The molecule has 4 nitrogen and oxygen atoms in total. The van der Waals surface area contributed by atoms with Crippen LogP contribution in [0, 0.1) is 0 Å². The number of benzene rings is 1. The van der Waals surface area contributed by atoms with E-state index in [2.05, 4.69) is 0 Å². The third-order valence-electron chi connectivity index (χ3n) is 3.41. The van der Waals surface area contributed by atoms with Crippen LogP contribution in [-0.4, -0.2) is 26.2 Å². The fraction of sp³-hybridized carbons (Fsp3) is 0.333. The monoisotopic (exact) mass is 260 g/mol. The molecule has 1 atom stereocenters. The van der Waals surface area contributed by atoms with Crippen molar-refractivity contribution in [3.05, 3.63) is 41.0 Å². The first-order valence-corrected chi connectivity index (χ1v) is 6.14. The molecule has 0 amide bonds. The number of ether oxygens (including phenoxy) is 2. The summed E-state index contributed by atoms with van der Waals surface area (Å²) < 4.78 is 9.65. The number of rotatable bonds is 3. The Hall–Kier alpha value is -2.10. The minimum atomic E-state index is -0.677. The number of fused-ring (bicyclic) bond motifs is 1. The first-order chi connectivity index (χ1) is 9.15. The van der Waals surface area contributed by atoms with E-state index in [-0.39, 0.29) is 0 Å². The Bertz CT molecular complexity index is 557. The summed E-state index contributed by atoms with van der Waals surface area (Å²) in [5.41, 5.74) is 3.00. The van der Waals surface area contributed by atoms with Crippen molar-refractivity contribution in [1.82, 2.24) is 0 Å². The third kappa shape index (κ3) is 2.03. The Morgan fingerprint density at radius 3 is 2.42 bits per heavy atom. The molecule has 0 aromatic heterocycles. The molecule has 1 unspecified atom stereocenters. The molecule has 0 heterocycles. The topological polar surface area (TPSA) is 52.6 Å². The number of methoxy groups -OCH3 is 2. The van der Waals surface area contributed by atoms with Crippen LogP contribution >= 0.6 is 0 Å². The fourth-order valence-electron chi connectivity index (χ4n) is 2.59. The van der Waals surface area contributed by atoms with E-state index >= 15 is 0 Å². The van der Waals surface area contributed by atoms with Crippen LogP contribution in [0.15, 0.2) is 29.8 Å². The third-order valence-corrected chi connectivity index (χ3v) is 3.41. The number of carbonyl (C=O) groups is 2. The van der Waals surface area contributed by atoms with Gasteiger partial charge in [-0.2, -0.15) is 0 Å². The normalized spacial score (nSPS) is 17.1. The average Bonchev–Trinajstić information content (AvgIpc) is 2.79. The van der Waals surface area contributed by atoms with Gasteiger partial charge in [0, 0.05) is 0 Å². The molecule has 0 fully saturated rings. The lowest BCUT2D eigenvalue weighted by atomic mass is 9.96. The molecule has 0 radical (unpaired) electrons. The molecule has 0 aliphatic heterocycles. The molecule has 4 heteroatoms. The lowest BCUT2D eigenvalue weighted by Crippen LogP contribution is -2.20. The number of hydrogen-bond acceptors (Lipinski definition) is 4. The maximum absolute atomic E-state index is 12.0. The molecule has 100 valence electrons. The molecular formula is C15H16O4. The smallest absolute Gasteiger partial charge is 0.335 e. The van der Waals surface area contributed by atoms with Crippen molar-refractivity contribution in [2.24, 2.45) is 0 Å². The zero-order valence-corrected chi connectivity index (χ0v) is 11.2. The van der Waals surface area contributed by atoms with Crippen molar-refractivity contribution in [1.29, 1.82) is 0 Å². The summed E-state index contributed by atoms with van der Waals surface area (Å²) in [7, 11) is 2.64. The summed E-state index contributed by atoms with van der Waals surface area (Å²) in [5.74, 6) is -1.58. The van der Waals surface area contributed by atoms with E-state index in [1.165, 1.54) is 14.2 Å². The van der Waals surface area contributed by atoms with Gasteiger partial charge in [-0.15, -0.1) is 0 Å². The van der Waals surface area contributed by atoms with Gasteiger partial charge < -0.3 is 9.47 Å². The quantitative estimate of drug-likeness (QED) is 0.782. The number of esters is 2. The number of allylic oxidation sites excluding steroid dienone is 1. The summed E-state index contributed by atoms with van der Waals surface area (Å²) in [4.78, 5) is 24.0. The minimum absolute atomic E-state index is 0.401. The van der Waals surface area contributed by atoms with Crippen LogP contribution in [0.1, 0.15) is 30.4 Å². The summed E-state index contributed by atoms with van der Waals surface area (Å²) in [6.07, 6.45) is 0.662. The van der Waals surface area contributed by atoms with Crippen molar-refractivity contribution in [3.63, 3.8) is 0 Å². The van der Waals surface area contributed by atoms with Crippen LogP contribution in [-0.2, 0) is 19.1 Å². The van der Waals surface area contributed by atoms with Crippen LogP contribution < -0.4 is 0 Å². The SMILES string of the molecule is CCC1=C(C(=O)OC)C(C(=O)OC)c2ccccc21. The zero-order chi connectivity index (χ0) is 14.0. The molecule has 1 aliphatic rings. The van der Waals surface area contributed by atoms with Crippen molar-refractivity contribution in [2.45, 2.75) is 19.3 Å². The van der Waals surface area contributed by atoms with Gasteiger partial charge in [0.2, 0.25) is 0 Å². The largest absolute Gasteiger partial charge is 0.468 e. The highest BCUT2D eigenvalue weighted by atomic mass is 16.5. The molecule has 0 spiro atoms. The van der Waals surface area contributed by atoms with Crippen LogP contribution in [0.25, 0.3) is 5.57 Å².